The van der Waals surface area contributed by atoms with Gasteiger partial charge in [0.25, 0.3) is 0 Å². The van der Waals surface area contributed by atoms with Gasteiger partial charge in [0.2, 0.25) is 0 Å². The fourth-order valence-electron chi connectivity index (χ4n) is 2.83. The van der Waals surface area contributed by atoms with Crippen LogP contribution in [-0.4, -0.2) is 25.4 Å². The third-order valence-corrected chi connectivity index (χ3v) is 4.44. The van der Waals surface area contributed by atoms with Gasteiger partial charge in [0.1, 0.15) is 24.2 Å². The molecule has 26 heavy (non-hydrogen) atoms. The van der Waals surface area contributed by atoms with E-state index in [9.17, 15) is 0 Å². The van der Waals surface area contributed by atoms with Crippen LogP contribution in [0.3, 0.4) is 0 Å². The van der Waals surface area contributed by atoms with Gasteiger partial charge in [-0.2, -0.15) is 0 Å². The Bertz CT molecular complexity index is 671. The average Bonchev–Trinajstić information content (AvgIpc) is 3.11. The van der Waals surface area contributed by atoms with Gasteiger partial charge in [-0.1, -0.05) is 37.1 Å². The molecule has 2 aromatic rings. The first-order chi connectivity index (χ1) is 12.6. The summed E-state index contributed by atoms with van der Waals surface area (Å²) in [5, 5.41) is 0.697. The quantitative estimate of drug-likeness (QED) is 0.618. The van der Waals surface area contributed by atoms with Crippen LogP contribution in [0.5, 0.6) is 11.5 Å². The highest BCUT2D eigenvalue weighted by Crippen LogP contribution is 2.28. The van der Waals surface area contributed by atoms with Crippen LogP contribution in [0.4, 0.5) is 0 Å². The Balaban J connectivity index is 1.45. The lowest BCUT2D eigenvalue weighted by Gasteiger charge is -2.15. The highest BCUT2D eigenvalue weighted by molar-refractivity contribution is 6.30. The van der Waals surface area contributed by atoms with Crippen molar-refractivity contribution in [3.05, 3.63) is 59.1 Å². The summed E-state index contributed by atoms with van der Waals surface area (Å²) >= 11 is 5.91. The summed E-state index contributed by atoms with van der Waals surface area (Å²) in [6.07, 6.45) is 1.92. The van der Waals surface area contributed by atoms with Crippen LogP contribution in [0.15, 0.2) is 48.5 Å². The normalized spacial score (nSPS) is 20.7. The molecule has 2 aromatic carbocycles. The molecule has 1 aliphatic rings. The number of hydrogen-bond acceptors (Lipinski definition) is 4. The minimum Gasteiger partial charge on any atom is -0.491 e. The predicted octanol–water partition coefficient (Wildman–Crippen LogP) is 5.40. The third-order valence-electron chi connectivity index (χ3n) is 4.18. The molecule has 0 spiro atoms. The maximum Gasteiger partial charge on any atom is 0.184 e. The van der Waals surface area contributed by atoms with Crippen molar-refractivity contribution in [1.29, 1.82) is 0 Å². The number of rotatable bonds is 8. The second-order valence-corrected chi connectivity index (χ2v) is 6.91. The molecule has 0 aromatic heterocycles. The first kappa shape index (κ1) is 19.0. The lowest BCUT2D eigenvalue weighted by Crippen LogP contribution is -2.20. The molecule has 5 heteroatoms. The SMILES string of the molecule is CCCC(C)Oc1ccc(OCC2COC(c3ccc(Cl)cc3)O2)cc1. The van der Waals surface area contributed by atoms with Gasteiger partial charge in [0.05, 0.1) is 12.7 Å². The molecule has 0 radical (unpaired) electrons. The monoisotopic (exact) mass is 376 g/mol. The molecular weight excluding hydrogens is 352 g/mol. The van der Waals surface area contributed by atoms with Crippen LogP contribution in [0, 0.1) is 0 Å². The van der Waals surface area contributed by atoms with Crippen LogP contribution in [0.25, 0.3) is 0 Å². The topological polar surface area (TPSA) is 36.9 Å². The van der Waals surface area contributed by atoms with E-state index in [-0.39, 0.29) is 18.5 Å². The Labute approximate surface area is 160 Å². The van der Waals surface area contributed by atoms with E-state index < -0.39 is 0 Å². The summed E-state index contributed by atoms with van der Waals surface area (Å²) < 4.78 is 23.3. The maximum absolute atomic E-state index is 5.91. The Morgan fingerprint density at radius 3 is 2.46 bits per heavy atom. The number of halogens is 1. The Morgan fingerprint density at radius 1 is 1.08 bits per heavy atom. The van der Waals surface area contributed by atoms with Crippen LogP contribution >= 0.6 is 11.6 Å². The molecule has 3 atom stereocenters. The second-order valence-electron chi connectivity index (χ2n) is 6.47. The summed E-state index contributed by atoms with van der Waals surface area (Å²) in [5.41, 5.74) is 0.958. The fraction of sp³-hybridized carbons (Fsp3) is 0.429. The Morgan fingerprint density at radius 2 is 1.77 bits per heavy atom. The zero-order valence-electron chi connectivity index (χ0n) is 15.2. The lowest BCUT2D eigenvalue weighted by atomic mass is 10.2. The van der Waals surface area contributed by atoms with Crippen molar-refractivity contribution in [1.82, 2.24) is 0 Å². The minimum absolute atomic E-state index is 0.101. The van der Waals surface area contributed by atoms with Crippen LogP contribution < -0.4 is 9.47 Å². The van der Waals surface area contributed by atoms with Crippen LogP contribution in [0.2, 0.25) is 5.02 Å². The smallest absolute Gasteiger partial charge is 0.184 e. The van der Waals surface area contributed by atoms with Crippen molar-refractivity contribution < 1.29 is 18.9 Å². The predicted molar refractivity (Wildman–Crippen MR) is 102 cm³/mol. The van der Waals surface area contributed by atoms with Crippen molar-refractivity contribution in [3.8, 4) is 11.5 Å². The molecule has 4 nitrogen and oxygen atoms in total. The molecule has 0 bridgehead atoms. The minimum atomic E-state index is -0.364. The zero-order valence-corrected chi connectivity index (χ0v) is 15.9. The molecule has 0 aliphatic carbocycles. The van der Waals surface area contributed by atoms with E-state index in [4.69, 9.17) is 30.5 Å². The maximum atomic E-state index is 5.91. The average molecular weight is 377 g/mol. The Kier molecular flexibility index (Phi) is 6.78. The van der Waals surface area contributed by atoms with Crippen molar-refractivity contribution in [3.63, 3.8) is 0 Å². The molecule has 3 rings (SSSR count). The van der Waals surface area contributed by atoms with Gasteiger partial charge in [0, 0.05) is 10.6 Å². The standard InChI is InChI=1S/C21H25ClO4/c1-3-4-15(2)25-19-11-9-18(10-12-19)23-13-20-14-24-21(26-20)16-5-7-17(22)8-6-16/h5-12,15,20-21H,3-4,13-14H2,1-2H3. The lowest BCUT2D eigenvalue weighted by molar-refractivity contribution is -0.0659. The molecule has 0 amide bonds. The van der Waals surface area contributed by atoms with E-state index in [0.29, 0.717) is 18.2 Å². The van der Waals surface area contributed by atoms with Crippen molar-refractivity contribution in [2.75, 3.05) is 13.2 Å². The second kappa shape index (κ2) is 9.26. The largest absolute Gasteiger partial charge is 0.491 e. The van der Waals surface area contributed by atoms with Gasteiger partial charge < -0.3 is 18.9 Å². The van der Waals surface area contributed by atoms with E-state index >= 15 is 0 Å². The fourth-order valence-corrected chi connectivity index (χ4v) is 2.96. The molecule has 0 N–H and O–H groups in total. The molecule has 1 saturated heterocycles. The van der Waals surface area contributed by atoms with Gasteiger partial charge in [-0.05, 0) is 49.7 Å². The first-order valence-corrected chi connectivity index (χ1v) is 9.44. The molecule has 1 fully saturated rings. The van der Waals surface area contributed by atoms with Gasteiger partial charge >= 0.3 is 0 Å². The van der Waals surface area contributed by atoms with Crippen LogP contribution in [0.1, 0.15) is 38.5 Å². The summed E-state index contributed by atoms with van der Waals surface area (Å²) in [6.45, 7) is 5.19. The van der Waals surface area contributed by atoms with Gasteiger partial charge in [-0.15, -0.1) is 0 Å². The van der Waals surface area contributed by atoms with E-state index in [2.05, 4.69) is 13.8 Å². The number of benzene rings is 2. The van der Waals surface area contributed by atoms with Crippen molar-refractivity contribution >= 4 is 11.6 Å². The van der Waals surface area contributed by atoms with E-state index in [1.54, 1.807) is 0 Å². The third kappa shape index (κ3) is 5.37. The number of ether oxygens (including phenoxy) is 4. The van der Waals surface area contributed by atoms with E-state index in [1.165, 1.54) is 0 Å². The Hall–Kier alpha value is -1.75. The first-order valence-electron chi connectivity index (χ1n) is 9.06. The zero-order chi connectivity index (χ0) is 18.4. The van der Waals surface area contributed by atoms with Gasteiger partial charge in [0.15, 0.2) is 6.29 Å². The van der Waals surface area contributed by atoms with E-state index in [0.717, 1.165) is 29.9 Å². The van der Waals surface area contributed by atoms with E-state index in [1.807, 2.05) is 48.5 Å². The summed E-state index contributed by atoms with van der Waals surface area (Å²) in [4.78, 5) is 0. The highest BCUT2D eigenvalue weighted by atomic mass is 35.5. The van der Waals surface area contributed by atoms with Gasteiger partial charge in [-0.3, -0.25) is 0 Å². The molecule has 1 heterocycles. The van der Waals surface area contributed by atoms with Crippen LogP contribution in [-0.2, 0) is 9.47 Å². The molecule has 3 unspecified atom stereocenters. The summed E-state index contributed by atoms with van der Waals surface area (Å²) in [6, 6.07) is 15.2. The number of hydrogen-bond donors (Lipinski definition) is 0. The summed E-state index contributed by atoms with van der Waals surface area (Å²) in [7, 11) is 0. The van der Waals surface area contributed by atoms with Crippen molar-refractivity contribution in [2.45, 2.75) is 45.2 Å². The molecule has 1 aliphatic heterocycles. The highest BCUT2D eigenvalue weighted by Gasteiger charge is 2.27. The molecule has 140 valence electrons. The van der Waals surface area contributed by atoms with Crippen molar-refractivity contribution in [2.24, 2.45) is 0 Å². The molecule has 0 saturated carbocycles. The molecular formula is C21H25ClO4. The summed E-state index contributed by atoms with van der Waals surface area (Å²) in [5.74, 6) is 1.65. The van der Waals surface area contributed by atoms with Gasteiger partial charge in [-0.25, -0.2) is 0 Å².